The van der Waals surface area contributed by atoms with Crippen molar-refractivity contribution in [1.29, 1.82) is 0 Å². The van der Waals surface area contributed by atoms with Gasteiger partial charge in [-0.1, -0.05) is 24.6 Å². The van der Waals surface area contributed by atoms with Crippen LogP contribution in [0.3, 0.4) is 0 Å². The second-order valence-electron chi connectivity index (χ2n) is 5.38. The summed E-state index contributed by atoms with van der Waals surface area (Å²) in [5, 5.41) is 4.92. The summed E-state index contributed by atoms with van der Waals surface area (Å²) >= 11 is 7.86. The van der Waals surface area contributed by atoms with Gasteiger partial charge in [0.15, 0.2) is 0 Å². The lowest BCUT2D eigenvalue weighted by Gasteiger charge is -2.01. The molecule has 1 fully saturated rings. The Kier molecular flexibility index (Phi) is 4.57. The van der Waals surface area contributed by atoms with Crippen LogP contribution in [0, 0.1) is 5.82 Å². The molecule has 3 rings (SSSR count). The number of benzene rings is 1. The molecule has 1 aliphatic carbocycles. The first-order valence-corrected chi connectivity index (χ1v) is 8.50. The SMILES string of the molecule is CCNCc1sc(Cc2ccc(F)cc2Cl)nc1C1CC1. The average molecular weight is 325 g/mol. The molecular weight excluding hydrogens is 307 g/mol. The van der Waals surface area contributed by atoms with Crippen molar-refractivity contribution in [2.45, 2.75) is 38.6 Å². The Morgan fingerprint density at radius 3 is 2.90 bits per heavy atom. The van der Waals surface area contributed by atoms with Crippen molar-refractivity contribution in [2.75, 3.05) is 6.54 Å². The van der Waals surface area contributed by atoms with E-state index < -0.39 is 0 Å². The van der Waals surface area contributed by atoms with Gasteiger partial charge in [0.1, 0.15) is 5.82 Å². The quantitative estimate of drug-likeness (QED) is 0.845. The van der Waals surface area contributed by atoms with Crippen LogP contribution in [0.1, 0.15) is 46.8 Å². The van der Waals surface area contributed by atoms with Crippen LogP contribution in [0.2, 0.25) is 5.02 Å². The number of nitrogens with zero attached hydrogens (tertiary/aromatic N) is 1. The Morgan fingerprint density at radius 1 is 1.43 bits per heavy atom. The zero-order valence-electron chi connectivity index (χ0n) is 12.0. The number of hydrogen-bond acceptors (Lipinski definition) is 3. The zero-order chi connectivity index (χ0) is 14.8. The lowest BCUT2D eigenvalue weighted by molar-refractivity contribution is 0.627. The molecule has 1 aromatic heterocycles. The summed E-state index contributed by atoms with van der Waals surface area (Å²) < 4.78 is 13.1. The highest BCUT2D eigenvalue weighted by molar-refractivity contribution is 7.11. The van der Waals surface area contributed by atoms with E-state index in [1.165, 1.54) is 35.5 Å². The highest BCUT2D eigenvalue weighted by Gasteiger charge is 2.29. The Bertz CT molecular complexity index is 637. The van der Waals surface area contributed by atoms with Gasteiger partial charge in [0.2, 0.25) is 0 Å². The number of nitrogens with one attached hydrogen (secondary N) is 1. The maximum Gasteiger partial charge on any atom is 0.124 e. The van der Waals surface area contributed by atoms with E-state index >= 15 is 0 Å². The maximum atomic E-state index is 13.1. The van der Waals surface area contributed by atoms with Crippen LogP contribution in [-0.2, 0) is 13.0 Å². The fourth-order valence-electron chi connectivity index (χ4n) is 2.36. The van der Waals surface area contributed by atoms with Crippen LogP contribution in [-0.4, -0.2) is 11.5 Å². The smallest absolute Gasteiger partial charge is 0.124 e. The van der Waals surface area contributed by atoms with Gasteiger partial charge in [-0.25, -0.2) is 9.37 Å². The largest absolute Gasteiger partial charge is 0.312 e. The minimum Gasteiger partial charge on any atom is -0.312 e. The molecule has 21 heavy (non-hydrogen) atoms. The third kappa shape index (κ3) is 3.62. The molecule has 1 heterocycles. The van der Waals surface area contributed by atoms with Gasteiger partial charge in [0.05, 0.1) is 10.7 Å². The highest BCUT2D eigenvalue weighted by atomic mass is 35.5. The van der Waals surface area contributed by atoms with Crippen molar-refractivity contribution in [3.8, 4) is 0 Å². The minimum absolute atomic E-state index is 0.297. The third-order valence-corrected chi connectivity index (χ3v) is 5.05. The predicted octanol–water partition coefficient (Wildman–Crippen LogP) is 4.51. The predicted molar refractivity (Wildman–Crippen MR) is 85.7 cm³/mol. The third-order valence-electron chi connectivity index (χ3n) is 3.63. The van der Waals surface area contributed by atoms with E-state index in [4.69, 9.17) is 16.6 Å². The molecule has 0 bridgehead atoms. The molecule has 0 spiro atoms. The van der Waals surface area contributed by atoms with E-state index in [-0.39, 0.29) is 5.82 Å². The second kappa shape index (κ2) is 6.42. The summed E-state index contributed by atoms with van der Waals surface area (Å²) in [4.78, 5) is 6.15. The highest BCUT2D eigenvalue weighted by Crippen LogP contribution is 2.43. The standard InChI is InChI=1S/C16H18ClFN2S/c1-2-19-9-14-16(10-3-4-10)20-15(21-14)7-11-5-6-12(18)8-13(11)17/h5-6,8,10,19H,2-4,7,9H2,1H3. The van der Waals surface area contributed by atoms with Crippen molar-refractivity contribution in [2.24, 2.45) is 0 Å². The zero-order valence-corrected chi connectivity index (χ0v) is 13.5. The van der Waals surface area contributed by atoms with Gasteiger partial charge >= 0.3 is 0 Å². The molecule has 0 aliphatic heterocycles. The molecule has 0 saturated heterocycles. The number of hydrogen-bond donors (Lipinski definition) is 1. The molecule has 2 nitrogen and oxygen atoms in total. The number of thiazole rings is 1. The van der Waals surface area contributed by atoms with Gasteiger partial charge in [-0.15, -0.1) is 11.3 Å². The van der Waals surface area contributed by atoms with Crippen LogP contribution < -0.4 is 5.32 Å². The van der Waals surface area contributed by atoms with Crippen molar-refractivity contribution in [3.05, 3.63) is 50.2 Å². The van der Waals surface area contributed by atoms with E-state index in [2.05, 4.69) is 12.2 Å². The van der Waals surface area contributed by atoms with Crippen molar-refractivity contribution in [3.63, 3.8) is 0 Å². The fraction of sp³-hybridized carbons (Fsp3) is 0.438. The van der Waals surface area contributed by atoms with E-state index in [0.29, 0.717) is 17.4 Å². The molecule has 112 valence electrons. The van der Waals surface area contributed by atoms with E-state index in [0.717, 1.165) is 23.7 Å². The lowest BCUT2D eigenvalue weighted by atomic mass is 10.1. The normalized spacial score (nSPS) is 14.6. The number of halogens is 2. The summed E-state index contributed by atoms with van der Waals surface area (Å²) in [5.74, 6) is 0.349. The monoisotopic (exact) mass is 324 g/mol. The fourth-order valence-corrected chi connectivity index (χ4v) is 3.74. The summed E-state index contributed by atoms with van der Waals surface area (Å²) in [6, 6.07) is 4.57. The molecule has 1 aliphatic rings. The Labute approximate surface area is 133 Å². The van der Waals surface area contributed by atoms with E-state index in [9.17, 15) is 4.39 Å². The van der Waals surface area contributed by atoms with E-state index in [1.54, 1.807) is 17.4 Å². The maximum absolute atomic E-state index is 13.1. The summed E-state index contributed by atoms with van der Waals surface area (Å²) in [7, 11) is 0. The Hall–Kier alpha value is -0.970. The first-order chi connectivity index (χ1) is 10.2. The van der Waals surface area contributed by atoms with Gasteiger partial charge < -0.3 is 5.32 Å². The van der Waals surface area contributed by atoms with Gasteiger partial charge in [0.25, 0.3) is 0 Å². The van der Waals surface area contributed by atoms with Crippen molar-refractivity contribution >= 4 is 22.9 Å². The molecule has 1 aromatic carbocycles. The Balaban J connectivity index is 1.81. The molecular formula is C16H18ClFN2S. The van der Waals surface area contributed by atoms with Crippen LogP contribution >= 0.6 is 22.9 Å². The van der Waals surface area contributed by atoms with Gasteiger partial charge in [-0.3, -0.25) is 0 Å². The van der Waals surface area contributed by atoms with Crippen LogP contribution in [0.25, 0.3) is 0 Å². The lowest BCUT2D eigenvalue weighted by Crippen LogP contribution is -2.11. The summed E-state index contributed by atoms with van der Waals surface area (Å²) in [6.07, 6.45) is 3.18. The van der Waals surface area contributed by atoms with Crippen molar-refractivity contribution in [1.82, 2.24) is 10.3 Å². The Morgan fingerprint density at radius 2 is 2.24 bits per heavy atom. The van der Waals surface area contributed by atoms with Gasteiger partial charge in [-0.05, 0) is 37.1 Å². The molecule has 2 aromatic rings. The topological polar surface area (TPSA) is 24.9 Å². The number of aromatic nitrogens is 1. The number of rotatable bonds is 6. The van der Waals surface area contributed by atoms with Gasteiger partial charge in [-0.2, -0.15) is 0 Å². The van der Waals surface area contributed by atoms with Crippen LogP contribution in [0.4, 0.5) is 4.39 Å². The first-order valence-electron chi connectivity index (χ1n) is 7.30. The molecule has 1 N–H and O–H groups in total. The molecule has 0 amide bonds. The first kappa shape index (κ1) is 14.9. The second-order valence-corrected chi connectivity index (χ2v) is 6.96. The van der Waals surface area contributed by atoms with Crippen LogP contribution in [0.5, 0.6) is 0 Å². The van der Waals surface area contributed by atoms with E-state index in [1.807, 2.05) is 0 Å². The molecule has 1 saturated carbocycles. The minimum atomic E-state index is -0.297. The summed E-state index contributed by atoms with van der Waals surface area (Å²) in [6.45, 7) is 3.95. The molecule has 0 atom stereocenters. The molecule has 0 unspecified atom stereocenters. The van der Waals surface area contributed by atoms with Gasteiger partial charge in [0, 0.05) is 28.8 Å². The average Bonchev–Trinajstić information content (AvgIpc) is 3.22. The van der Waals surface area contributed by atoms with Crippen molar-refractivity contribution < 1.29 is 4.39 Å². The molecule has 5 heteroatoms. The summed E-state index contributed by atoms with van der Waals surface area (Å²) in [5.41, 5.74) is 2.19. The van der Waals surface area contributed by atoms with Crippen LogP contribution in [0.15, 0.2) is 18.2 Å². The molecule has 0 radical (unpaired) electrons.